The van der Waals surface area contributed by atoms with E-state index >= 15 is 0 Å². The third-order valence-electron chi connectivity index (χ3n) is 6.07. The van der Waals surface area contributed by atoms with Gasteiger partial charge in [0, 0.05) is 17.9 Å². The van der Waals surface area contributed by atoms with Gasteiger partial charge in [-0.2, -0.15) is 0 Å². The third kappa shape index (κ3) is 2.66. The molecule has 0 bridgehead atoms. The predicted molar refractivity (Wildman–Crippen MR) is 97.7 cm³/mol. The lowest BCUT2D eigenvalue weighted by Gasteiger charge is -2.30. The first-order valence-electron chi connectivity index (χ1n) is 9.28. The Morgan fingerprint density at radius 1 is 1.00 bits per heavy atom. The quantitative estimate of drug-likeness (QED) is 0.611. The van der Waals surface area contributed by atoms with Gasteiger partial charge in [0.05, 0.1) is 12.0 Å². The average molecular weight is 353 g/mol. The van der Waals surface area contributed by atoms with Gasteiger partial charge in [0.15, 0.2) is 0 Å². The highest BCUT2D eigenvalue weighted by atomic mass is 16.4. The van der Waals surface area contributed by atoms with Crippen LogP contribution in [0.25, 0.3) is 11.0 Å². The Morgan fingerprint density at radius 3 is 2.42 bits per heavy atom. The van der Waals surface area contributed by atoms with Crippen molar-refractivity contribution in [2.75, 3.05) is 0 Å². The molecule has 2 aromatic rings. The Bertz CT molecular complexity index is 966. The second kappa shape index (κ2) is 6.08. The summed E-state index contributed by atoms with van der Waals surface area (Å²) in [6.45, 7) is 4.10. The summed E-state index contributed by atoms with van der Waals surface area (Å²) in [5.74, 6) is -0.186. The zero-order valence-corrected chi connectivity index (χ0v) is 15.3. The smallest absolute Gasteiger partial charge is 0.336 e. The molecule has 2 amide bonds. The first-order valence-corrected chi connectivity index (χ1v) is 9.28. The van der Waals surface area contributed by atoms with Gasteiger partial charge in [0.25, 0.3) is 0 Å². The summed E-state index contributed by atoms with van der Waals surface area (Å²) in [6, 6.07) is 5.21. The monoisotopic (exact) mass is 353 g/mol. The maximum absolute atomic E-state index is 13.0. The Morgan fingerprint density at radius 2 is 1.69 bits per heavy atom. The van der Waals surface area contributed by atoms with Gasteiger partial charge < -0.3 is 4.42 Å². The van der Waals surface area contributed by atoms with Gasteiger partial charge in [-0.1, -0.05) is 19.3 Å². The molecule has 5 heteroatoms. The molecule has 0 N–H and O–H groups in total. The van der Waals surface area contributed by atoms with E-state index in [1.165, 1.54) is 11.0 Å². The molecule has 2 aliphatic rings. The fraction of sp³-hybridized carbons (Fsp3) is 0.476. The predicted octanol–water partition coefficient (Wildman–Crippen LogP) is 3.62. The minimum Gasteiger partial charge on any atom is -0.423 e. The van der Waals surface area contributed by atoms with E-state index in [1.807, 2.05) is 26.0 Å². The number of fused-ring (bicyclic) bond motifs is 1. The van der Waals surface area contributed by atoms with E-state index in [1.54, 1.807) is 0 Å². The van der Waals surface area contributed by atoms with Crippen molar-refractivity contribution in [1.29, 1.82) is 0 Å². The lowest BCUT2D eigenvalue weighted by atomic mass is 9.73. The summed E-state index contributed by atoms with van der Waals surface area (Å²) < 4.78 is 5.32. The van der Waals surface area contributed by atoms with E-state index in [0.717, 1.165) is 48.6 Å². The number of rotatable bonds is 2. The number of aryl methyl sites for hydroxylation is 2. The zero-order valence-electron chi connectivity index (χ0n) is 15.3. The van der Waals surface area contributed by atoms with Crippen molar-refractivity contribution in [3.05, 3.63) is 45.3 Å². The van der Waals surface area contributed by atoms with Crippen LogP contribution in [-0.4, -0.2) is 16.7 Å². The standard InChI is InChI=1S/C21H23NO4/c1-13-8-16-15(10-19(24)26-17(16)9-14(13)2)12-22-18(23)11-21(20(22)25)6-4-3-5-7-21/h8-10H,3-7,11-12H2,1-2H3. The molecule has 0 unspecified atom stereocenters. The molecule has 1 aromatic carbocycles. The number of imide groups is 1. The number of likely N-dealkylation sites (tertiary alicyclic amines) is 1. The highest BCUT2D eigenvalue weighted by molar-refractivity contribution is 6.06. The molecule has 1 aromatic heterocycles. The van der Waals surface area contributed by atoms with Crippen molar-refractivity contribution in [1.82, 2.24) is 4.90 Å². The van der Waals surface area contributed by atoms with E-state index in [4.69, 9.17) is 4.42 Å². The van der Waals surface area contributed by atoms with Gasteiger partial charge in [-0.25, -0.2) is 4.79 Å². The molecule has 26 heavy (non-hydrogen) atoms. The Balaban J connectivity index is 1.73. The maximum atomic E-state index is 13.0. The third-order valence-corrected chi connectivity index (χ3v) is 6.07. The Hall–Kier alpha value is -2.43. The van der Waals surface area contributed by atoms with Crippen LogP contribution in [0.3, 0.4) is 0 Å². The molecule has 136 valence electrons. The van der Waals surface area contributed by atoms with Crippen LogP contribution in [0.15, 0.2) is 27.4 Å². The van der Waals surface area contributed by atoms with E-state index in [-0.39, 0.29) is 18.4 Å². The average Bonchev–Trinajstić information content (AvgIpc) is 2.81. The van der Waals surface area contributed by atoms with Crippen LogP contribution in [-0.2, 0) is 16.1 Å². The summed E-state index contributed by atoms with van der Waals surface area (Å²) >= 11 is 0. The van der Waals surface area contributed by atoms with Gasteiger partial charge in [-0.3, -0.25) is 14.5 Å². The van der Waals surface area contributed by atoms with Gasteiger partial charge in [-0.05, 0) is 55.5 Å². The first-order chi connectivity index (χ1) is 12.4. The zero-order chi connectivity index (χ0) is 18.5. The topological polar surface area (TPSA) is 67.6 Å². The van der Waals surface area contributed by atoms with Crippen molar-refractivity contribution in [2.24, 2.45) is 5.41 Å². The molecule has 5 nitrogen and oxygen atoms in total. The molecular formula is C21H23NO4. The fourth-order valence-electron chi connectivity index (χ4n) is 4.42. The number of nitrogens with zero attached hydrogens (tertiary/aromatic N) is 1. The summed E-state index contributed by atoms with van der Waals surface area (Å²) in [4.78, 5) is 39.0. The maximum Gasteiger partial charge on any atom is 0.336 e. The first kappa shape index (κ1) is 17.0. The lowest BCUT2D eigenvalue weighted by Crippen LogP contribution is -2.36. The molecule has 2 heterocycles. The van der Waals surface area contributed by atoms with E-state index in [0.29, 0.717) is 17.6 Å². The van der Waals surface area contributed by atoms with Gasteiger partial charge in [-0.15, -0.1) is 0 Å². The number of benzene rings is 1. The van der Waals surface area contributed by atoms with Crippen molar-refractivity contribution < 1.29 is 14.0 Å². The molecule has 1 saturated carbocycles. The van der Waals surface area contributed by atoms with Gasteiger partial charge >= 0.3 is 5.63 Å². The molecule has 1 saturated heterocycles. The number of hydrogen-bond acceptors (Lipinski definition) is 4. The summed E-state index contributed by atoms with van der Waals surface area (Å²) in [5, 5.41) is 0.790. The molecule has 1 spiro atoms. The minimum atomic E-state index is -0.503. The Labute approximate surface area is 152 Å². The fourth-order valence-corrected chi connectivity index (χ4v) is 4.42. The molecular weight excluding hydrogens is 330 g/mol. The van der Waals surface area contributed by atoms with Crippen molar-refractivity contribution in [3.8, 4) is 0 Å². The molecule has 1 aliphatic heterocycles. The van der Waals surface area contributed by atoms with Crippen LogP contribution >= 0.6 is 0 Å². The minimum absolute atomic E-state index is 0.0626. The molecule has 1 aliphatic carbocycles. The highest BCUT2D eigenvalue weighted by Gasteiger charge is 2.51. The molecule has 0 atom stereocenters. The number of carbonyl (C=O) groups excluding carboxylic acids is 2. The van der Waals surface area contributed by atoms with Crippen LogP contribution in [0, 0.1) is 19.3 Å². The number of amides is 2. The molecule has 4 rings (SSSR count). The van der Waals surface area contributed by atoms with Gasteiger partial charge in [0.2, 0.25) is 11.8 Å². The SMILES string of the molecule is Cc1cc2oc(=O)cc(CN3C(=O)CC4(CCCCC4)C3=O)c2cc1C. The number of hydrogen-bond donors (Lipinski definition) is 0. The van der Waals surface area contributed by atoms with Gasteiger partial charge in [0.1, 0.15) is 5.58 Å². The van der Waals surface area contributed by atoms with E-state index in [9.17, 15) is 14.4 Å². The second-order valence-corrected chi connectivity index (χ2v) is 7.83. The molecule has 0 radical (unpaired) electrons. The normalized spacial score (nSPS) is 19.7. The lowest BCUT2D eigenvalue weighted by molar-refractivity contribution is -0.142. The van der Waals surface area contributed by atoms with Crippen molar-refractivity contribution in [2.45, 2.75) is 58.9 Å². The number of carbonyl (C=O) groups is 2. The van der Waals surface area contributed by atoms with Crippen LogP contribution in [0.4, 0.5) is 0 Å². The van der Waals surface area contributed by atoms with Crippen LogP contribution in [0.1, 0.15) is 55.2 Å². The van der Waals surface area contributed by atoms with E-state index in [2.05, 4.69) is 0 Å². The van der Waals surface area contributed by atoms with Crippen molar-refractivity contribution in [3.63, 3.8) is 0 Å². The summed E-state index contributed by atoms with van der Waals surface area (Å²) in [7, 11) is 0. The van der Waals surface area contributed by atoms with Crippen LogP contribution in [0.5, 0.6) is 0 Å². The summed E-state index contributed by atoms with van der Waals surface area (Å²) in [5.41, 5.74) is 2.33. The molecule has 2 fully saturated rings. The largest absolute Gasteiger partial charge is 0.423 e. The summed E-state index contributed by atoms with van der Waals surface area (Å²) in [6.07, 6.45) is 5.04. The second-order valence-electron chi connectivity index (χ2n) is 7.83. The highest BCUT2D eigenvalue weighted by Crippen LogP contribution is 2.45. The van der Waals surface area contributed by atoms with Crippen LogP contribution in [0.2, 0.25) is 0 Å². The van der Waals surface area contributed by atoms with E-state index < -0.39 is 11.0 Å². The van der Waals surface area contributed by atoms with Crippen molar-refractivity contribution >= 4 is 22.8 Å². The Kier molecular flexibility index (Phi) is 3.98. The van der Waals surface area contributed by atoms with Crippen LogP contribution < -0.4 is 5.63 Å².